The van der Waals surface area contributed by atoms with Gasteiger partial charge in [0.05, 0.1) is 44.1 Å². The van der Waals surface area contributed by atoms with Gasteiger partial charge in [-0.05, 0) is 72.8 Å². The Balaban J connectivity index is 1.09. The van der Waals surface area contributed by atoms with Crippen molar-refractivity contribution in [2.75, 3.05) is 0 Å². The molecule has 11 heteroatoms. The fraction of sp³-hybridized carbons (Fsp3) is 0. The maximum atomic E-state index is 5.46. The third-order valence-electron chi connectivity index (χ3n) is 12.6. The number of hydrogen-bond donors (Lipinski definition) is 0. The predicted molar refractivity (Wildman–Crippen MR) is 254 cm³/mol. The first-order valence-corrected chi connectivity index (χ1v) is 21.0. The summed E-state index contributed by atoms with van der Waals surface area (Å²) < 4.78 is 8.92. The van der Waals surface area contributed by atoms with E-state index >= 15 is 0 Å². The molecule has 0 saturated carbocycles. The molecule has 64 heavy (non-hydrogen) atoms. The van der Waals surface area contributed by atoms with Crippen molar-refractivity contribution in [3.8, 4) is 34.7 Å². The van der Waals surface area contributed by atoms with Crippen LogP contribution in [-0.4, -0.2) is 53.2 Å². The predicted octanol–water partition coefficient (Wildman–Crippen LogP) is 11.5. The first kappa shape index (κ1) is 34.6. The van der Waals surface area contributed by atoms with E-state index in [4.69, 9.17) is 15.0 Å². The lowest BCUT2D eigenvalue weighted by atomic mass is 10.1. The SMILES string of the molecule is c1ccc(-c2nc(-n3c4ccncc4c4cc5c(cc43)c3cnccc3n5-c3ccccc3)nc(-n3c4ccncc4c4cc5c(cc43)c3cnccc3n5-c3ccccc3)n2)cc1. The van der Waals surface area contributed by atoms with Crippen LogP contribution >= 0.6 is 0 Å². The summed E-state index contributed by atoms with van der Waals surface area (Å²) in [5, 5.41) is 8.26. The van der Waals surface area contributed by atoms with Crippen LogP contribution in [0.1, 0.15) is 0 Å². The summed E-state index contributed by atoms with van der Waals surface area (Å²) in [6.45, 7) is 0. The van der Waals surface area contributed by atoms with Gasteiger partial charge in [0.1, 0.15) is 0 Å². The van der Waals surface area contributed by atoms with Crippen molar-refractivity contribution in [1.29, 1.82) is 0 Å². The summed E-state index contributed by atoms with van der Waals surface area (Å²) in [4.78, 5) is 34.5. The minimum Gasteiger partial charge on any atom is -0.309 e. The molecular weight excluding hydrogens is 791 g/mol. The molecule has 5 aromatic carbocycles. The largest absolute Gasteiger partial charge is 0.309 e. The molecule has 298 valence electrons. The van der Waals surface area contributed by atoms with Crippen molar-refractivity contribution in [1.82, 2.24) is 53.2 Å². The Morgan fingerprint density at radius 2 is 0.609 bits per heavy atom. The summed E-state index contributed by atoms with van der Waals surface area (Å²) in [5.41, 5.74) is 11.0. The van der Waals surface area contributed by atoms with Gasteiger partial charge in [0.25, 0.3) is 0 Å². The number of benzene rings is 5. The standard InChI is InChI=1S/C53H31N11/c1-4-10-32(11-5-1)51-58-52(63-45-18-22-56-30-41(45)37-24-47-35(26-49(37)63)39-28-54-20-16-43(39)61(47)33-12-6-2-7-13-33)60-53(59-51)64-46-19-23-57-31-42(46)38-25-48-36(27-50(38)64)40-29-55-21-17-44(40)62(48)34-14-8-3-9-15-34/h1-31H. The van der Waals surface area contributed by atoms with E-state index < -0.39 is 0 Å². The number of hydrogen-bond acceptors (Lipinski definition) is 7. The van der Waals surface area contributed by atoms with Crippen LogP contribution in [0.25, 0.3) is 122 Å². The van der Waals surface area contributed by atoms with Crippen LogP contribution in [0.15, 0.2) is 189 Å². The molecule has 0 unspecified atom stereocenters. The molecule has 0 N–H and O–H groups in total. The van der Waals surface area contributed by atoms with Crippen molar-refractivity contribution >= 4 is 87.2 Å². The first-order valence-electron chi connectivity index (χ1n) is 21.0. The molecule has 0 aliphatic carbocycles. The molecule has 0 bridgehead atoms. The second-order valence-corrected chi connectivity index (χ2v) is 16.0. The van der Waals surface area contributed by atoms with Crippen LogP contribution in [0, 0.1) is 0 Å². The zero-order chi connectivity index (χ0) is 41.9. The van der Waals surface area contributed by atoms with E-state index in [-0.39, 0.29) is 0 Å². The molecule has 9 aromatic heterocycles. The molecule has 0 fully saturated rings. The van der Waals surface area contributed by atoms with Crippen molar-refractivity contribution in [2.24, 2.45) is 0 Å². The van der Waals surface area contributed by atoms with Crippen LogP contribution in [0.3, 0.4) is 0 Å². The quantitative estimate of drug-likeness (QED) is 0.170. The number of rotatable bonds is 5. The summed E-state index contributed by atoms with van der Waals surface area (Å²) in [5.74, 6) is 1.51. The normalized spacial score (nSPS) is 12.1. The molecule has 14 rings (SSSR count). The number of para-hydroxylation sites is 2. The fourth-order valence-electron chi connectivity index (χ4n) is 9.85. The van der Waals surface area contributed by atoms with Crippen molar-refractivity contribution < 1.29 is 0 Å². The summed E-state index contributed by atoms with van der Waals surface area (Å²) in [6.07, 6.45) is 15.1. The maximum absolute atomic E-state index is 5.46. The van der Waals surface area contributed by atoms with Crippen LogP contribution < -0.4 is 0 Å². The lowest BCUT2D eigenvalue weighted by molar-refractivity contribution is 0.892. The maximum Gasteiger partial charge on any atom is 0.240 e. The summed E-state index contributed by atoms with van der Waals surface area (Å²) >= 11 is 0. The number of aromatic nitrogens is 11. The Bertz CT molecular complexity index is 3940. The highest BCUT2D eigenvalue weighted by Gasteiger charge is 2.24. The van der Waals surface area contributed by atoms with Crippen molar-refractivity contribution in [3.05, 3.63) is 189 Å². The molecule has 14 aromatic rings. The molecule has 0 amide bonds. The third kappa shape index (κ3) is 4.88. The first-order chi connectivity index (χ1) is 31.8. The Hall–Kier alpha value is -9.09. The van der Waals surface area contributed by atoms with E-state index in [0.717, 1.165) is 104 Å². The smallest absolute Gasteiger partial charge is 0.240 e. The molecule has 11 nitrogen and oxygen atoms in total. The molecule has 9 heterocycles. The third-order valence-corrected chi connectivity index (χ3v) is 12.6. The minimum atomic E-state index is 0.481. The number of fused-ring (bicyclic) bond motifs is 12. The van der Waals surface area contributed by atoms with Gasteiger partial charge in [0.2, 0.25) is 11.9 Å². The summed E-state index contributed by atoms with van der Waals surface area (Å²) in [7, 11) is 0. The van der Waals surface area contributed by atoms with Crippen LogP contribution in [0.5, 0.6) is 0 Å². The lowest BCUT2D eigenvalue weighted by Gasteiger charge is -2.13. The number of pyridine rings is 4. The Labute approximate surface area is 362 Å². The van der Waals surface area contributed by atoms with E-state index in [9.17, 15) is 0 Å². The van der Waals surface area contributed by atoms with Gasteiger partial charge in [-0.1, -0.05) is 66.7 Å². The molecule has 0 radical (unpaired) electrons. The highest BCUT2D eigenvalue weighted by molar-refractivity contribution is 6.20. The lowest BCUT2D eigenvalue weighted by Crippen LogP contribution is -2.10. The molecule has 0 atom stereocenters. The highest BCUT2D eigenvalue weighted by Crippen LogP contribution is 2.41. The Kier molecular flexibility index (Phi) is 7.14. The van der Waals surface area contributed by atoms with Gasteiger partial charge in [-0.25, -0.2) is 0 Å². The van der Waals surface area contributed by atoms with Gasteiger partial charge in [-0.2, -0.15) is 15.0 Å². The van der Waals surface area contributed by atoms with Gasteiger partial charge in [0, 0.05) is 110 Å². The van der Waals surface area contributed by atoms with Gasteiger partial charge in [-0.3, -0.25) is 29.1 Å². The zero-order valence-electron chi connectivity index (χ0n) is 33.8. The highest BCUT2D eigenvalue weighted by atomic mass is 15.3. The topological polar surface area (TPSA) is 110 Å². The average molecular weight is 822 g/mol. The van der Waals surface area contributed by atoms with E-state index in [1.807, 2.05) is 104 Å². The second-order valence-electron chi connectivity index (χ2n) is 16.0. The molecule has 0 saturated heterocycles. The van der Waals surface area contributed by atoms with Crippen molar-refractivity contribution in [3.63, 3.8) is 0 Å². The van der Waals surface area contributed by atoms with Gasteiger partial charge < -0.3 is 9.13 Å². The van der Waals surface area contributed by atoms with Gasteiger partial charge in [0.15, 0.2) is 5.82 Å². The Morgan fingerprint density at radius 3 is 0.984 bits per heavy atom. The van der Waals surface area contributed by atoms with Crippen LogP contribution in [-0.2, 0) is 0 Å². The molecule has 0 aliphatic heterocycles. The zero-order valence-corrected chi connectivity index (χ0v) is 33.8. The molecule has 0 spiro atoms. The molecule has 0 aliphatic rings. The fourth-order valence-corrected chi connectivity index (χ4v) is 9.85. The van der Waals surface area contributed by atoms with E-state index in [1.165, 1.54) is 0 Å². The molecular formula is C53H31N11. The van der Waals surface area contributed by atoms with E-state index in [2.05, 4.69) is 123 Å². The van der Waals surface area contributed by atoms with E-state index in [1.54, 1.807) is 0 Å². The summed E-state index contributed by atoms with van der Waals surface area (Å²) in [6, 6.07) is 48.3. The van der Waals surface area contributed by atoms with Crippen LogP contribution in [0.4, 0.5) is 0 Å². The van der Waals surface area contributed by atoms with Crippen LogP contribution in [0.2, 0.25) is 0 Å². The second kappa shape index (κ2) is 13.2. The Morgan fingerprint density at radius 1 is 0.281 bits per heavy atom. The minimum absolute atomic E-state index is 0.481. The monoisotopic (exact) mass is 821 g/mol. The van der Waals surface area contributed by atoms with Crippen molar-refractivity contribution in [2.45, 2.75) is 0 Å². The van der Waals surface area contributed by atoms with Gasteiger partial charge in [-0.15, -0.1) is 0 Å². The number of nitrogens with zero attached hydrogens (tertiary/aromatic N) is 11. The van der Waals surface area contributed by atoms with Gasteiger partial charge >= 0.3 is 0 Å². The average Bonchev–Trinajstić information content (AvgIpc) is 4.08. The van der Waals surface area contributed by atoms with E-state index in [0.29, 0.717) is 17.7 Å².